The molecule has 1 aliphatic heterocycles. The minimum absolute atomic E-state index is 0.156. The van der Waals surface area contributed by atoms with Crippen LogP contribution in [0.2, 0.25) is 0 Å². The molecule has 1 aliphatic rings. The van der Waals surface area contributed by atoms with E-state index in [2.05, 4.69) is 5.32 Å². The van der Waals surface area contributed by atoms with E-state index >= 15 is 0 Å². The Kier molecular flexibility index (Phi) is 4.23. The molecular weight excluding hydrogens is 258 g/mol. The third-order valence-electron chi connectivity index (χ3n) is 3.10. The van der Waals surface area contributed by atoms with Gasteiger partial charge in [-0.25, -0.2) is 0 Å². The summed E-state index contributed by atoms with van der Waals surface area (Å²) in [6.45, 7) is 2.69. The second-order valence-corrected chi connectivity index (χ2v) is 4.45. The molecule has 0 spiro atoms. The Bertz CT molecular complexity index is 584. The minimum Gasteiger partial charge on any atom is -0.504 e. The average molecular weight is 273 g/mol. The topological polar surface area (TPSA) is 96.6 Å². The summed E-state index contributed by atoms with van der Waals surface area (Å²) in [5.41, 5.74) is 0.551. The van der Waals surface area contributed by atoms with E-state index in [4.69, 9.17) is 5.26 Å². The highest BCUT2D eigenvalue weighted by molar-refractivity contribution is 5.98. The smallest absolute Gasteiger partial charge is 0.247 e. The van der Waals surface area contributed by atoms with Gasteiger partial charge in [-0.05, 0) is 23.8 Å². The fraction of sp³-hybridized carbons (Fsp3) is 0.286. The Morgan fingerprint density at radius 2 is 2.00 bits per heavy atom. The van der Waals surface area contributed by atoms with Crippen LogP contribution in [0.4, 0.5) is 0 Å². The number of phenols is 2. The zero-order valence-corrected chi connectivity index (χ0v) is 10.8. The number of nitrogens with zero attached hydrogens (tertiary/aromatic N) is 2. The first-order valence-corrected chi connectivity index (χ1v) is 6.25. The lowest BCUT2D eigenvalue weighted by atomic mass is 10.1. The summed E-state index contributed by atoms with van der Waals surface area (Å²) in [7, 11) is 0. The molecule has 20 heavy (non-hydrogen) atoms. The van der Waals surface area contributed by atoms with Crippen molar-refractivity contribution in [1.82, 2.24) is 10.2 Å². The predicted molar refractivity (Wildman–Crippen MR) is 72.8 cm³/mol. The van der Waals surface area contributed by atoms with E-state index in [1.54, 1.807) is 4.90 Å². The van der Waals surface area contributed by atoms with Crippen molar-refractivity contribution in [1.29, 1.82) is 5.26 Å². The average Bonchev–Trinajstić information content (AvgIpc) is 2.48. The Balaban J connectivity index is 2.22. The molecule has 1 aromatic carbocycles. The number of carbonyl (C=O) groups is 1. The Hall–Kier alpha value is -2.52. The van der Waals surface area contributed by atoms with E-state index in [1.165, 1.54) is 24.3 Å². The van der Waals surface area contributed by atoms with Gasteiger partial charge in [-0.1, -0.05) is 0 Å². The van der Waals surface area contributed by atoms with Crippen LogP contribution in [0.3, 0.4) is 0 Å². The number of phenolic OH excluding ortho intramolecular Hbond substituents is 2. The van der Waals surface area contributed by atoms with Crippen molar-refractivity contribution < 1.29 is 15.0 Å². The molecule has 0 unspecified atom stereocenters. The van der Waals surface area contributed by atoms with Crippen LogP contribution in [0.5, 0.6) is 11.5 Å². The van der Waals surface area contributed by atoms with E-state index < -0.39 is 0 Å². The van der Waals surface area contributed by atoms with Crippen molar-refractivity contribution in [2.24, 2.45) is 0 Å². The molecule has 0 radical (unpaired) electrons. The number of carbonyl (C=O) groups excluding carboxylic acids is 1. The molecule has 1 heterocycles. The second-order valence-electron chi connectivity index (χ2n) is 4.45. The molecule has 0 bridgehead atoms. The van der Waals surface area contributed by atoms with Crippen molar-refractivity contribution >= 4 is 11.5 Å². The Morgan fingerprint density at radius 3 is 2.60 bits per heavy atom. The lowest BCUT2D eigenvalue weighted by Crippen LogP contribution is -2.45. The highest BCUT2D eigenvalue weighted by atomic mass is 16.3. The van der Waals surface area contributed by atoms with Crippen LogP contribution in [0.25, 0.3) is 5.57 Å². The summed E-state index contributed by atoms with van der Waals surface area (Å²) in [4.78, 5) is 13.7. The summed E-state index contributed by atoms with van der Waals surface area (Å²) in [6.07, 6.45) is 1.26. The number of rotatable bonds is 2. The van der Waals surface area contributed by atoms with Gasteiger partial charge in [0.2, 0.25) is 5.91 Å². The Morgan fingerprint density at radius 1 is 1.30 bits per heavy atom. The lowest BCUT2D eigenvalue weighted by Gasteiger charge is -2.26. The molecule has 1 saturated heterocycles. The third kappa shape index (κ3) is 3.08. The van der Waals surface area contributed by atoms with Crippen LogP contribution in [0.1, 0.15) is 5.56 Å². The van der Waals surface area contributed by atoms with Crippen LogP contribution >= 0.6 is 0 Å². The van der Waals surface area contributed by atoms with E-state index in [0.717, 1.165) is 13.1 Å². The quantitative estimate of drug-likeness (QED) is 0.412. The molecule has 0 saturated carbocycles. The number of hydrogen-bond donors (Lipinski definition) is 3. The summed E-state index contributed by atoms with van der Waals surface area (Å²) in [6, 6.07) is 5.96. The number of amides is 1. The van der Waals surface area contributed by atoms with Crippen molar-refractivity contribution in [3.8, 4) is 17.6 Å². The number of benzene rings is 1. The van der Waals surface area contributed by atoms with Gasteiger partial charge in [0.25, 0.3) is 0 Å². The monoisotopic (exact) mass is 273 g/mol. The molecule has 2 rings (SSSR count). The van der Waals surface area contributed by atoms with Crippen molar-refractivity contribution in [2.75, 3.05) is 26.2 Å². The van der Waals surface area contributed by atoms with Crippen LogP contribution < -0.4 is 5.32 Å². The summed E-state index contributed by atoms with van der Waals surface area (Å²) < 4.78 is 0. The van der Waals surface area contributed by atoms with Gasteiger partial charge in [0, 0.05) is 32.3 Å². The fourth-order valence-corrected chi connectivity index (χ4v) is 1.97. The molecule has 0 atom stereocenters. The van der Waals surface area contributed by atoms with Gasteiger partial charge in [0.15, 0.2) is 11.5 Å². The fourth-order valence-electron chi connectivity index (χ4n) is 1.97. The van der Waals surface area contributed by atoms with Gasteiger partial charge in [-0.2, -0.15) is 5.26 Å². The van der Waals surface area contributed by atoms with Gasteiger partial charge in [-0.3, -0.25) is 4.79 Å². The number of piperazine rings is 1. The van der Waals surface area contributed by atoms with E-state index in [9.17, 15) is 15.0 Å². The van der Waals surface area contributed by atoms with Crippen LogP contribution in [-0.2, 0) is 4.79 Å². The Labute approximate surface area is 116 Å². The van der Waals surface area contributed by atoms with E-state index in [-0.39, 0.29) is 23.0 Å². The number of aromatic hydroxyl groups is 2. The van der Waals surface area contributed by atoms with Gasteiger partial charge in [-0.15, -0.1) is 0 Å². The summed E-state index contributed by atoms with van der Waals surface area (Å²) in [5, 5.41) is 31.0. The van der Waals surface area contributed by atoms with Gasteiger partial charge < -0.3 is 20.4 Å². The summed E-state index contributed by atoms with van der Waals surface area (Å²) in [5.74, 6) is -0.812. The first-order chi connectivity index (χ1) is 9.61. The number of nitrogens with one attached hydrogen (secondary N) is 1. The molecule has 0 aromatic heterocycles. The number of allylic oxidation sites excluding steroid dienone is 1. The molecule has 0 aliphatic carbocycles. The molecular formula is C14H15N3O3. The van der Waals surface area contributed by atoms with Gasteiger partial charge in [0.05, 0.1) is 11.6 Å². The maximum atomic E-state index is 12.1. The van der Waals surface area contributed by atoms with Crippen LogP contribution in [0, 0.1) is 11.3 Å². The first-order valence-electron chi connectivity index (χ1n) is 6.25. The van der Waals surface area contributed by atoms with Crippen molar-refractivity contribution in [2.45, 2.75) is 0 Å². The second kappa shape index (κ2) is 6.08. The van der Waals surface area contributed by atoms with Crippen molar-refractivity contribution in [3.05, 3.63) is 29.8 Å². The molecule has 3 N–H and O–H groups in total. The van der Waals surface area contributed by atoms with Crippen LogP contribution in [-0.4, -0.2) is 47.2 Å². The zero-order valence-electron chi connectivity index (χ0n) is 10.8. The first kappa shape index (κ1) is 13.9. The molecule has 1 aromatic rings. The standard InChI is InChI=1S/C14H15N3O3/c15-9-11(10-1-2-12(18)13(19)7-10)8-14(20)17-5-3-16-4-6-17/h1-2,7-8,16,18-19H,3-6H2. The largest absolute Gasteiger partial charge is 0.504 e. The number of nitriles is 1. The molecule has 1 fully saturated rings. The highest BCUT2D eigenvalue weighted by Crippen LogP contribution is 2.28. The van der Waals surface area contributed by atoms with Gasteiger partial charge in [0.1, 0.15) is 0 Å². The van der Waals surface area contributed by atoms with E-state index in [0.29, 0.717) is 18.7 Å². The van der Waals surface area contributed by atoms with Crippen LogP contribution in [0.15, 0.2) is 24.3 Å². The SMILES string of the molecule is N#CC(=CC(=O)N1CCNCC1)c1ccc(O)c(O)c1. The molecule has 1 amide bonds. The maximum Gasteiger partial charge on any atom is 0.247 e. The number of hydrogen-bond acceptors (Lipinski definition) is 5. The lowest BCUT2D eigenvalue weighted by molar-refractivity contribution is -0.126. The molecule has 6 nitrogen and oxygen atoms in total. The zero-order chi connectivity index (χ0) is 14.5. The third-order valence-corrected chi connectivity index (χ3v) is 3.10. The summed E-state index contributed by atoms with van der Waals surface area (Å²) >= 11 is 0. The maximum absolute atomic E-state index is 12.1. The van der Waals surface area contributed by atoms with Gasteiger partial charge >= 0.3 is 0 Å². The normalized spacial score (nSPS) is 15.8. The van der Waals surface area contributed by atoms with E-state index in [1.807, 2.05) is 6.07 Å². The molecule has 6 heteroatoms. The predicted octanol–water partition coefficient (Wildman–Crippen LogP) is 0.437. The highest BCUT2D eigenvalue weighted by Gasteiger charge is 2.15. The molecule has 104 valence electrons. The minimum atomic E-state index is -0.321. The van der Waals surface area contributed by atoms with Crippen molar-refractivity contribution in [3.63, 3.8) is 0 Å².